The van der Waals surface area contributed by atoms with Crippen molar-refractivity contribution in [1.82, 2.24) is 14.8 Å². The zero-order valence-electron chi connectivity index (χ0n) is 8.88. The Morgan fingerprint density at radius 1 is 1.41 bits per heavy atom. The molecule has 0 fully saturated rings. The van der Waals surface area contributed by atoms with Gasteiger partial charge in [0.15, 0.2) is 0 Å². The number of ether oxygens (including phenoxy) is 1. The molecule has 17 heavy (non-hydrogen) atoms. The zero-order valence-corrected chi connectivity index (χ0v) is 10.5. The molecular weight excluding hydrogens is 284 g/mol. The summed E-state index contributed by atoms with van der Waals surface area (Å²) >= 11 is 3.27. The summed E-state index contributed by atoms with van der Waals surface area (Å²) in [5.74, 6) is 0.532. The summed E-state index contributed by atoms with van der Waals surface area (Å²) < 4.78 is 7.82. The van der Waals surface area contributed by atoms with Crippen molar-refractivity contribution >= 4 is 15.9 Å². The number of halogens is 1. The van der Waals surface area contributed by atoms with Gasteiger partial charge in [-0.3, -0.25) is 4.68 Å². The smallest absolute Gasteiger partial charge is 0.214 e. The lowest BCUT2D eigenvalue weighted by Crippen LogP contribution is -2.07. The van der Waals surface area contributed by atoms with Crippen LogP contribution in [0, 0.1) is 11.3 Å². The molecule has 0 saturated heterocycles. The Kier molecular flexibility index (Phi) is 3.73. The summed E-state index contributed by atoms with van der Waals surface area (Å²) in [6.45, 7) is 0.558. The summed E-state index contributed by atoms with van der Waals surface area (Å²) in [7, 11) is 0. The average Bonchev–Trinajstić information content (AvgIpc) is 2.75. The van der Waals surface area contributed by atoms with Crippen LogP contribution in [0.15, 0.2) is 35.1 Å². The largest absolute Gasteiger partial charge is 0.471 e. The van der Waals surface area contributed by atoms with Gasteiger partial charge in [-0.15, -0.1) is 0 Å². The Morgan fingerprint density at radius 3 is 3.06 bits per heavy atom. The molecule has 0 unspecified atom stereocenters. The van der Waals surface area contributed by atoms with Gasteiger partial charge in [0.05, 0.1) is 11.8 Å². The Hall–Kier alpha value is -1.87. The van der Waals surface area contributed by atoms with E-state index in [1.165, 1.54) is 0 Å². The predicted molar refractivity (Wildman–Crippen MR) is 64.1 cm³/mol. The Bertz CT molecular complexity index is 546. The van der Waals surface area contributed by atoms with Gasteiger partial charge in [0.1, 0.15) is 17.8 Å². The summed E-state index contributed by atoms with van der Waals surface area (Å²) in [5, 5.41) is 12.6. The summed E-state index contributed by atoms with van der Waals surface area (Å²) in [6.07, 6.45) is 1.64. The highest BCUT2D eigenvalue weighted by Crippen LogP contribution is 2.13. The monoisotopic (exact) mass is 292 g/mol. The first-order valence-electron chi connectivity index (χ1n) is 4.92. The molecule has 0 aliphatic rings. The summed E-state index contributed by atoms with van der Waals surface area (Å²) in [5.41, 5.74) is 0.841. The van der Waals surface area contributed by atoms with Crippen LogP contribution in [0.25, 0.3) is 0 Å². The molecule has 2 rings (SSSR count). The van der Waals surface area contributed by atoms with Crippen molar-refractivity contribution in [1.29, 1.82) is 5.26 Å². The van der Waals surface area contributed by atoms with Crippen molar-refractivity contribution in [2.45, 2.75) is 13.2 Å². The standard InChI is InChI=1S/C11H9BrN4O/c12-10-2-1-3-11(15-10)17-8-9-4-6-14-16(9)7-5-13/h1-4,6H,7-8H2. The Morgan fingerprint density at radius 2 is 2.29 bits per heavy atom. The van der Waals surface area contributed by atoms with Gasteiger partial charge >= 0.3 is 0 Å². The Balaban J connectivity index is 2.02. The first-order chi connectivity index (χ1) is 8.29. The van der Waals surface area contributed by atoms with E-state index in [1.807, 2.05) is 24.3 Å². The maximum atomic E-state index is 8.61. The highest BCUT2D eigenvalue weighted by Gasteiger charge is 2.03. The van der Waals surface area contributed by atoms with E-state index < -0.39 is 0 Å². The molecule has 0 radical (unpaired) electrons. The van der Waals surface area contributed by atoms with Crippen molar-refractivity contribution in [2.75, 3.05) is 0 Å². The SMILES string of the molecule is N#CCn1nccc1COc1cccc(Br)n1. The van der Waals surface area contributed by atoms with Gasteiger partial charge in [-0.05, 0) is 28.1 Å². The fourth-order valence-corrected chi connectivity index (χ4v) is 1.64. The van der Waals surface area contributed by atoms with E-state index in [2.05, 4.69) is 26.0 Å². The maximum absolute atomic E-state index is 8.61. The molecule has 6 heteroatoms. The van der Waals surface area contributed by atoms with Crippen LogP contribution in [0.2, 0.25) is 0 Å². The number of nitrogens with zero attached hydrogens (tertiary/aromatic N) is 4. The van der Waals surface area contributed by atoms with Crippen molar-refractivity contribution in [3.8, 4) is 11.9 Å². The highest BCUT2D eigenvalue weighted by atomic mass is 79.9. The molecule has 0 N–H and O–H groups in total. The van der Waals surface area contributed by atoms with E-state index in [4.69, 9.17) is 10.00 Å². The Labute approximate surface area is 107 Å². The van der Waals surface area contributed by atoms with Gasteiger partial charge in [-0.2, -0.15) is 10.4 Å². The van der Waals surface area contributed by atoms with Gasteiger partial charge < -0.3 is 4.74 Å². The van der Waals surface area contributed by atoms with Gasteiger partial charge in [0.25, 0.3) is 0 Å². The lowest BCUT2D eigenvalue weighted by molar-refractivity contribution is 0.281. The van der Waals surface area contributed by atoms with Crippen LogP contribution in [-0.2, 0) is 13.2 Å². The van der Waals surface area contributed by atoms with Crippen LogP contribution in [-0.4, -0.2) is 14.8 Å². The third kappa shape index (κ3) is 3.04. The zero-order chi connectivity index (χ0) is 12.1. The predicted octanol–water partition coefficient (Wildman–Crippen LogP) is 2.14. The molecule has 0 atom stereocenters. The first kappa shape index (κ1) is 11.6. The summed E-state index contributed by atoms with van der Waals surface area (Å²) in [4.78, 5) is 4.15. The van der Waals surface area contributed by atoms with Crippen molar-refractivity contribution in [2.24, 2.45) is 0 Å². The number of rotatable bonds is 4. The van der Waals surface area contributed by atoms with Gasteiger partial charge in [-0.1, -0.05) is 6.07 Å². The quantitative estimate of drug-likeness (QED) is 0.810. The van der Waals surface area contributed by atoms with Crippen LogP contribution in [0.5, 0.6) is 5.88 Å². The van der Waals surface area contributed by atoms with Crippen molar-refractivity contribution < 1.29 is 4.74 Å². The topological polar surface area (TPSA) is 63.7 Å². The fraction of sp³-hybridized carbons (Fsp3) is 0.182. The third-order valence-corrected chi connectivity index (χ3v) is 2.52. The molecule has 0 saturated carbocycles. The number of nitriles is 1. The molecule has 5 nitrogen and oxygen atoms in total. The van der Waals surface area contributed by atoms with Gasteiger partial charge in [0, 0.05) is 12.3 Å². The lowest BCUT2D eigenvalue weighted by Gasteiger charge is -2.06. The van der Waals surface area contributed by atoms with Gasteiger partial charge in [-0.25, -0.2) is 4.98 Å². The van der Waals surface area contributed by atoms with E-state index in [-0.39, 0.29) is 6.54 Å². The molecule has 86 valence electrons. The van der Waals surface area contributed by atoms with E-state index >= 15 is 0 Å². The van der Waals surface area contributed by atoms with Gasteiger partial charge in [0.2, 0.25) is 5.88 Å². The van der Waals surface area contributed by atoms with E-state index in [1.54, 1.807) is 16.9 Å². The molecule has 2 aromatic heterocycles. The maximum Gasteiger partial charge on any atom is 0.214 e. The number of hydrogen-bond acceptors (Lipinski definition) is 4. The van der Waals surface area contributed by atoms with Crippen LogP contribution in [0.1, 0.15) is 5.69 Å². The minimum Gasteiger partial charge on any atom is -0.471 e. The lowest BCUT2D eigenvalue weighted by atomic mass is 10.4. The van der Waals surface area contributed by atoms with E-state index in [0.717, 1.165) is 10.3 Å². The summed E-state index contributed by atoms with van der Waals surface area (Å²) in [6, 6.07) is 9.30. The van der Waals surface area contributed by atoms with Crippen LogP contribution in [0.4, 0.5) is 0 Å². The molecule has 0 aliphatic carbocycles. The fourth-order valence-electron chi connectivity index (χ4n) is 1.31. The van der Waals surface area contributed by atoms with E-state index in [9.17, 15) is 0 Å². The molecule has 2 aromatic rings. The second kappa shape index (κ2) is 5.46. The molecule has 2 heterocycles. The van der Waals surface area contributed by atoms with Crippen LogP contribution >= 0.6 is 15.9 Å². The van der Waals surface area contributed by atoms with Crippen molar-refractivity contribution in [3.05, 3.63) is 40.8 Å². The first-order valence-corrected chi connectivity index (χ1v) is 5.72. The number of pyridine rings is 1. The number of aromatic nitrogens is 3. The molecule has 0 spiro atoms. The normalized spacial score (nSPS) is 9.88. The van der Waals surface area contributed by atoms with Crippen LogP contribution < -0.4 is 4.74 Å². The highest BCUT2D eigenvalue weighted by molar-refractivity contribution is 9.10. The van der Waals surface area contributed by atoms with Crippen molar-refractivity contribution in [3.63, 3.8) is 0 Å². The molecule has 0 amide bonds. The molecule has 0 aromatic carbocycles. The average molecular weight is 293 g/mol. The molecule has 0 bridgehead atoms. The number of hydrogen-bond donors (Lipinski definition) is 0. The second-order valence-electron chi connectivity index (χ2n) is 3.23. The molecular formula is C11H9BrN4O. The molecule has 0 aliphatic heterocycles. The minimum atomic E-state index is 0.220. The van der Waals surface area contributed by atoms with E-state index in [0.29, 0.717) is 12.5 Å². The van der Waals surface area contributed by atoms with Crippen LogP contribution in [0.3, 0.4) is 0 Å². The third-order valence-electron chi connectivity index (χ3n) is 2.08. The minimum absolute atomic E-state index is 0.220. The second-order valence-corrected chi connectivity index (χ2v) is 4.04.